The van der Waals surface area contributed by atoms with Crippen molar-refractivity contribution in [2.24, 2.45) is 5.92 Å². The predicted molar refractivity (Wildman–Crippen MR) is 54.8 cm³/mol. The van der Waals surface area contributed by atoms with Gasteiger partial charge in [-0.25, -0.2) is 0 Å². The van der Waals surface area contributed by atoms with Gasteiger partial charge in [0.25, 0.3) is 0 Å². The molecule has 0 aromatic rings. The van der Waals surface area contributed by atoms with Gasteiger partial charge in [0.2, 0.25) is 0 Å². The van der Waals surface area contributed by atoms with Gasteiger partial charge in [0.15, 0.2) is 0 Å². The summed E-state index contributed by atoms with van der Waals surface area (Å²) in [6, 6.07) is 0. The Bertz CT molecular complexity index is 116. The van der Waals surface area contributed by atoms with E-state index in [0.29, 0.717) is 0 Å². The quantitative estimate of drug-likeness (QED) is 0.475. The molecule has 0 spiro atoms. The third kappa shape index (κ3) is 3.32. The van der Waals surface area contributed by atoms with E-state index in [2.05, 4.69) is 11.8 Å². The maximum Gasteiger partial charge on any atom is 0.0264 e. The first-order valence-electron chi connectivity index (χ1n) is 5.15. The van der Waals surface area contributed by atoms with Crippen LogP contribution in [0.3, 0.4) is 0 Å². The van der Waals surface area contributed by atoms with Crippen molar-refractivity contribution in [3.8, 4) is 0 Å². The Morgan fingerprint density at radius 3 is 2.83 bits per heavy atom. The number of hydrogen-bond acceptors (Lipinski definition) is 1. The minimum absolute atomic E-state index is 0.772. The molecule has 0 aromatic carbocycles. The number of unbranched alkanes of at least 4 members (excludes halogenated alkanes) is 2. The Morgan fingerprint density at radius 2 is 2.25 bits per heavy atom. The van der Waals surface area contributed by atoms with Crippen LogP contribution in [0.25, 0.3) is 0 Å². The highest BCUT2D eigenvalue weighted by atomic mass is 35.5. The van der Waals surface area contributed by atoms with Crippen LogP contribution in [0.2, 0.25) is 0 Å². The Labute approximate surface area is 81.1 Å². The Morgan fingerprint density at radius 1 is 1.42 bits per heavy atom. The summed E-state index contributed by atoms with van der Waals surface area (Å²) in [4.78, 5) is 2.56. The molecule has 0 saturated carbocycles. The van der Waals surface area contributed by atoms with Gasteiger partial charge in [0.05, 0.1) is 0 Å². The van der Waals surface area contributed by atoms with E-state index in [1.54, 1.807) is 0 Å². The minimum atomic E-state index is 0.772. The summed E-state index contributed by atoms with van der Waals surface area (Å²) < 4.78 is 0. The smallest absolute Gasteiger partial charge is 0.0264 e. The van der Waals surface area contributed by atoms with Crippen molar-refractivity contribution < 1.29 is 0 Å². The Balaban J connectivity index is 2.03. The van der Waals surface area contributed by atoms with E-state index in [4.69, 9.17) is 11.6 Å². The lowest BCUT2D eigenvalue weighted by Crippen LogP contribution is -2.22. The predicted octanol–water partition coefficient (Wildman–Crippen LogP) is 2.74. The largest absolute Gasteiger partial charge is 0.303 e. The minimum Gasteiger partial charge on any atom is -0.303 e. The maximum atomic E-state index is 5.81. The van der Waals surface area contributed by atoms with Crippen LogP contribution >= 0.6 is 11.6 Å². The fourth-order valence-electron chi connectivity index (χ4n) is 1.83. The molecular weight excluding hydrogens is 170 g/mol. The standard InChI is InChI=1S/C10H20ClN/c1-2-3-4-6-12-7-5-10(8-11)9-12/h10H,2-9H2,1H3. The Hall–Kier alpha value is 0.250. The number of halogens is 1. The zero-order valence-electron chi connectivity index (χ0n) is 8.06. The average Bonchev–Trinajstić information content (AvgIpc) is 2.53. The molecule has 1 fully saturated rings. The molecule has 0 radical (unpaired) electrons. The highest BCUT2D eigenvalue weighted by Crippen LogP contribution is 2.17. The summed E-state index contributed by atoms with van der Waals surface area (Å²) in [7, 11) is 0. The van der Waals surface area contributed by atoms with Crippen molar-refractivity contribution in [2.45, 2.75) is 32.6 Å². The molecule has 1 rings (SSSR count). The van der Waals surface area contributed by atoms with Crippen LogP contribution in [0.15, 0.2) is 0 Å². The van der Waals surface area contributed by atoms with Gasteiger partial charge >= 0.3 is 0 Å². The van der Waals surface area contributed by atoms with Gasteiger partial charge < -0.3 is 4.90 Å². The topological polar surface area (TPSA) is 3.24 Å². The first kappa shape index (κ1) is 10.3. The zero-order valence-corrected chi connectivity index (χ0v) is 8.82. The second-order valence-electron chi connectivity index (χ2n) is 3.82. The van der Waals surface area contributed by atoms with Crippen LogP contribution < -0.4 is 0 Å². The number of alkyl halides is 1. The average molecular weight is 190 g/mol. The van der Waals surface area contributed by atoms with Gasteiger partial charge in [-0.15, -0.1) is 11.6 Å². The van der Waals surface area contributed by atoms with Crippen LogP contribution in [0, 0.1) is 5.92 Å². The SMILES string of the molecule is CCCCCN1CCC(CCl)C1. The zero-order chi connectivity index (χ0) is 8.81. The summed E-state index contributed by atoms with van der Waals surface area (Å²) in [5.74, 6) is 1.62. The van der Waals surface area contributed by atoms with Crippen molar-refractivity contribution >= 4 is 11.6 Å². The van der Waals surface area contributed by atoms with E-state index in [0.717, 1.165) is 11.8 Å². The van der Waals surface area contributed by atoms with E-state index in [9.17, 15) is 0 Å². The lowest BCUT2D eigenvalue weighted by molar-refractivity contribution is 0.320. The van der Waals surface area contributed by atoms with E-state index in [-0.39, 0.29) is 0 Å². The molecule has 72 valence electrons. The molecule has 1 aliphatic rings. The highest BCUT2D eigenvalue weighted by Gasteiger charge is 2.20. The van der Waals surface area contributed by atoms with Gasteiger partial charge in [0.1, 0.15) is 0 Å². The lowest BCUT2D eigenvalue weighted by Gasteiger charge is -2.14. The fourth-order valence-corrected chi connectivity index (χ4v) is 2.08. The fraction of sp³-hybridized carbons (Fsp3) is 1.00. The van der Waals surface area contributed by atoms with Crippen molar-refractivity contribution in [3.63, 3.8) is 0 Å². The second-order valence-corrected chi connectivity index (χ2v) is 4.13. The van der Waals surface area contributed by atoms with Crippen molar-refractivity contribution in [3.05, 3.63) is 0 Å². The normalized spacial score (nSPS) is 25.0. The van der Waals surface area contributed by atoms with Crippen LogP contribution in [-0.2, 0) is 0 Å². The molecule has 0 N–H and O–H groups in total. The first-order chi connectivity index (χ1) is 5.86. The molecule has 1 saturated heterocycles. The summed E-state index contributed by atoms with van der Waals surface area (Å²) >= 11 is 5.81. The molecule has 1 unspecified atom stereocenters. The van der Waals surface area contributed by atoms with Crippen LogP contribution in [0.1, 0.15) is 32.6 Å². The molecule has 1 atom stereocenters. The number of nitrogens with zero attached hydrogens (tertiary/aromatic N) is 1. The molecule has 2 heteroatoms. The Kier molecular flexibility index (Phi) is 5.01. The van der Waals surface area contributed by atoms with Crippen LogP contribution in [-0.4, -0.2) is 30.4 Å². The summed E-state index contributed by atoms with van der Waals surface area (Å²) in [6.07, 6.45) is 5.38. The van der Waals surface area contributed by atoms with Crippen molar-refractivity contribution in [1.82, 2.24) is 4.90 Å². The third-order valence-electron chi connectivity index (χ3n) is 2.67. The molecule has 0 aliphatic carbocycles. The molecular formula is C10H20ClN. The molecule has 0 amide bonds. The number of likely N-dealkylation sites (tertiary alicyclic amines) is 1. The van der Waals surface area contributed by atoms with E-state index in [1.165, 1.54) is 45.3 Å². The third-order valence-corrected chi connectivity index (χ3v) is 3.10. The van der Waals surface area contributed by atoms with Gasteiger partial charge in [-0.3, -0.25) is 0 Å². The summed E-state index contributed by atoms with van der Waals surface area (Å²) in [6.45, 7) is 6.07. The molecule has 1 nitrogen and oxygen atoms in total. The maximum absolute atomic E-state index is 5.81. The van der Waals surface area contributed by atoms with Crippen LogP contribution in [0.5, 0.6) is 0 Å². The summed E-state index contributed by atoms with van der Waals surface area (Å²) in [5.41, 5.74) is 0. The van der Waals surface area contributed by atoms with Gasteiger partial charge in [0, 0.05) is 12.4 Å². The van der Waals surface area contributed by atoms with E-state index < -0.39 is 0 Å². The molecule has 0 aromatic heterocycles. The van der Waals surface area contributed by atoms with Crippen LogP contribution in [0.4, 0.5) is 0 Å². The lowest BCUT2D eigenvalue weighted by atomic mass is 10.2. The van der Waals surface area contributed by atoms with Crippen molar-refractivity contribution in [1.29, 1.82) is 0 Å². The number of hydrogen-bond donors (Lipinski definition) is 0. The second kappa shape index (κ2) is 5.82. The van der Waals surface area contributed by atoms with E-state index in [1.807, 2.05) is 0 Å². The summed E-state index contributed by atoms with van der Waals surface area (Å²) in [5, 5.41) is 0. The first-order valence-corrected chi connectivity index (χ1v) is 5.68. The highest BCUT2D eigenvalue weighted by molar-refractivity contribution is 6.18. The molecule has 1 heterocycles. The monoisotopic (exact) mass is 189 g/mol. The number of rotatable bonds is 5. The van der Waals surface area contributed by atoms with Gasteiger partial charge in [-0.1, -0.05) is 19.8 Å². The molecule has 1 aliphatic heterocycles. The molecule has 0 bridgehead atoms. The van der Waals surface area contributed by atoms with E-state index >= 15 is 0 Å². The molecule has 12 heavy (non-hydrogen) atoms. The van der Waals surface area contributed by atoms with Gasteiger partial charge in [-0.2, -0.15) is 0 Å². The van der Waals surface area contributed by atoms with Gasteiger partial charge in [-0.05, 0) is 31.8 Å². The van der Waals surface area contributed by atoms with Crippen molar-refractivity contribution in [2.75, 3.05) is 25.5 Å².